The summed E-state index contributed by atoms with van der Waals surface area (Å²) in [6.07, 6.45) is 2.50. The van der Waals surface area contributed by atoms with Gasteiger partial charge in [-0.15, -0.1) is 4.72 Å². The highest BCUT2D eigenvalue weighted by Gasteiger charge is 2.48. The van der Waals surface area contributed by atoms with Crippen molar-refractivity contribution in [3.05, 3.63) is 35.1 Å². The van der Waals surface area contributed by atoms with E-state index in [0.717, 1.165) is 18.9 Å². The first-order valence-electron chi connectivity index (χ1n) is 10.9. The number of rotatable bonds is 8. The Balaban J connectivity index is 1.86. The molecule has 182 valence electrons. The molecular weight excluding hydrogens is 463 g/mol. The molecule has 2 bridgehead atoms. The first-order valence-corrected chi connectivity index (χ1v) is 13.6. The Hall–Kier alpha value is -0.850. The van der Waals surface area contributed by atoms with Gasteiger partial charge in [-0.05, 0) is 70.4 Å². The van der Waals surface area contributed by atoms with Crippen LogP contribution in [0.15, 0.2) is 12.1 Å². The Morgan fingerprint density at radius 2 is 1.72 bits per heavy atom. The van der Waals surface area contributed by atoms with Gasteiger partial charge in [0.15, 0.2) is 11.6 Å². The summed E-state index contributed by atoms with van der Waals surface area (Å²) >= 11 is -1.48. The van der Waals surface area contributed by atoms with Crippen LogP contribution in [0.4, 0.5) is 13.2 Å². The van der Waals surface area contributed by atoms with Crippen molar-refractivity contribution in [2.45, 2.75) is 75.7 Å². The van der Waals surface area contributed by atoms with Crippen LogP contribution in [0.5, 0.6) is 0 Å². The minimum atomic E-state index is -3.46. The van der Waals surface area contributed by atoms with Gasteiger partial charge in [-0.1, -0.05) is 0 Å². The van der Waals surface area contributed by atoms with Gasteiger partial charge in [0.25, 0.3) is 0 Å². The number of nitrogens with one attached hydrogen (secondary N) is 1. The fourth-order valence-electron chi connectivity index (χ4n) is 4.79. The first-order chi connectivity index (χ1) is 14.8. The lowest BCUT2D eigenvalue weighted by molar-refractivity contribution is 0.165. The number of fused-ring (bicyclic) bond motifs is 2. The van der Waals surface area contributed by atoms with Crippen LogP contribution >= 0.6 is 0 Å². The SMILES string of the molecule is CC(C)(C)[S+]([O-])N[C@H](Cc1cc(F)c(F)cc1F)[C@@H]1C[C@H]2CC[C@@H](C1)N2S(=O)(=O)CCN. The van der Waals surface area contributed by atoms with E-state index in [9.17, 15) is 26.1 Å². The van der Waals surface area contributed by atoms with E-state index < -0.39 is 49.6 Å². The predicted molar refractivity (Wildman–Crippen MR) is 119 cm³/mol. The highest BCUT2D eigenvalue weighted by Crippen LogP contribution is 2.42. The second kappa shape index (κ2) is 9.79. The number of hydrogen-bond donors (Lipinski definition) is 2. The van der Waals surface area contributed by atoms with E-state index in [1.807, 2.05) is 0 Å². The Labute approximate surface area is 191 Å². The van der Waals surface area contributed by atoms with Crippen molar-refractivity contribution in [2.75, 3.05) is 12.3 Å². The van der Waals surface area contributed by atoms with E-state index in [1.165, 1.54) is 0 Å². The summed E-state index contributed by atoms with van der Waals surface area (Å²) in [6.45, 7) is 5.46. The maximum absolute atomic E-state index is 14.4. The van der Waals surface area contributed by atoms with E-state index in [1.54, 1.807) is 25.1 Å². The predicted octanol–water partition coefficient (Wildman–Crippen LogP) is 2.60. The van der Waals surface area contributed by atoms with Crippen molar-refractivity contribution in [3.8, 4) is 0 Å². The monoisotopic (exact) mass is 495 g/mol. The highest BCUT2D eigenvalue weighted by atomic mass is 32.2. The maximum atomic E-state index is 14.4. The lowest BCUT2D eigenvalue weighted by Crippen LogP contribution is -2.54. The van der Waals surface area contributed by atoms with Gasteiger partial charge in [0.2, 0.25) is 10.0 Å². The zero-order chi connectivity index (χ0) is 23.8. The topological polar surface area (TPSA) is 98.5 Å². The zero-order valence-electron chi connectivity index (χ0n) is 18.6. The van der Waals surface area contributed by atoms with Gasteiger partial charge in [0, 0.05) is 36.1 Å². The van der Waals surface area contributed by atoms with Gasteiger partial charge in [0.1, 0.15) is 10.6 Å². The van der Waals surface area contributed by atoms with E-state index in [4.69, 9.17) is 5.73 Å². The van der Waals surface area contributed by atoms with Gasteiger partial charge >= 0.3 is 0 Å². The summed E-state index contributed by atoms with van der Waals surface area (Å²) in [7, 11) is -3.46. The van der Waals surface area contributed by atoms with Crippen LogP contribution < -0.4 is 10.5 Å². The van der Waals surface area contributed by atoms with Gasteiger partial charge in [-0.25, -0.2) is 21.6 Å². The lowest BCUT2D eigenvalue weighted by Gasteiger charge is -2.41. The Kier molecular flexibility index (Phi) is 7.88. The molecule has 2 saturated heterocycles. The number of halogens is 3. The molecule has 0 aliphatic carbocycles. The summed E-state index contributed by atoms with van der Waals surface area (Å²) in [5.74, 6) is -3.47. The molecule has 1 unspecified atom stereocenters. The molecule has 0 aromatic heterocycles. The number of nitrogens with two attached hydrogens (primary N) is 1. The van der Waals surface area contributed by atoms with Gasteiger partial charge < -0.3 is 10.3 Å². The minimum Gasteiger partial charge on any atom is -0.598 e. The normalized spacial score (nSPS) is 26.3. The number of nitrogens with zero attached hydrogens (tertiary/aromatic N) is 1. The molecule has 1 aromatic rings. The molecule has 0 spiro atoms. The molecular formula is C21H32F3N3O3S2. The fourth-order valence-corrected chi connectivity index (χ4v) is 7.49. The molecule has 0 amide bonds. The molecule has 3 rings (SSSR count). The second-order valence-electron chi connectivity index (χ2n) is 9.72. The van der Waals surface area contributed by atoms with Crippen LogP contribution in [0.2, 0.25) is 0 Å². The first kappa shape index (κ1) is 25.8. The van der Waals surface area contributed by atoms with E-state index in [0.29, 0.717) is 18.9 Å². The van der Waals surface area contributed by atoms with Crippen LogP contribution in [0.3, 0.4) is 0 Å². The van der Waals surface area contributed by atoms with Gasteiger partial charge in [-0.3, -0.25) is 0 Å². The summed E-state index contributed by atoms with van der Waals surface area (Å²) in [6, 6.07) is 0.481. The molecule has 2 aliphatic heterocycles. The number of hydrogen-bond acceptors (Lipinski definition) is 5. The number of piperidine rings is 1. The van der Waals surface area contributed by atoms with Crippen LogP contribution in [0.1, 0.15) is 52.0 Å². The molecule has 6 nitrogen and oxygen atoms in total. The maximum Gasteiger partial charge on any atom is 0.215 e. The van der Waals surface area contributed by atoms with E-state index in [-0.39, 0.29) is 42.3 Å². The quantitative estimate of drug-likeness (QED) is 0.427. The second-order valence-corrected chi connectivity index (χ2v) is 13.7. The van der Waals surface area contributed by atoms with Crippen molar-refractivity contribution in [2.24, 2.45) is 11.7 Å². The van der Waals surface area contributed by atoms with E-state index >= 15 is 0 Å². The van der Waals surface area contributed by atoms with Crippen LogP contribution in [0.25, 0.3) is 0 Å². The van der Waals surface area contributed by atoms with Crippen molar-refractivity contribution in [1.82, 2.24) is 9.03 Å². The summed E-state index contributed by atoms with van der Waals surface area (Å²) in [5, 5.41) is 0. The fraction of sp³-hybridized carbons (Fsp3) is 0.714. The van der Waals surface area contributed by atoms with Crippen LogP contribution in [-0.2, 0) is 27.8 Å². The molecule has 32 heavy (non-hydrogen) atoms. The largest absolute Gasteiger partial charge is 0.598 e. The molecule has 0 saturated carbocycles. The average Bonchev–Trinajstić information content (AvgIpc) is 2.96. The lowest BCUT2D eigenvalue weighted by atomic mass is 9.83. The van der Waals surface area contributed by atoms with Crippen LogP contribution in [0, 0.1) is 23.4 Å². The summed E-state index contributed by atoms with van der Waals surface area (Å²) < 4.78 is 83.9. The Morgan fingerprint density at radius 3 is 2.25 bits per heavy atom. The third kappa shape index (κ3) is 5.61. The summed E-state index contributed by atoms with van der Waals surface area (Å²) in [5.41, 5.74) is 5.48. The molecule has 0 radical (unpaired) electrons. The smallest absolute Gasteiger partial charge is 0.215 e. The van der Waals surface area contributed by atoms with Gasteiger partial charge in [-0.2, -0.15) is 4.31 Å². The van der Waals surface area contributed by atoms with Crippen molar-refractivity contribution >= 4 is 21.4 Å². The Morgan fingerprint density at radius 1 is 1.16 bits per heavy atom. The van der Waals surface area contributed by atoms with Crippen molar-refractivity contribution in [3.63, 3.8) is 0 Å². The molecule has 2 aliphatic rings. The number of sulfonamides is 1. The standard InChI is InChI=1S/C21H32F3N3O3S2/c1-21(2,3)31(28)26-20(11-13-10-18(23)19(24)12-17(13)22)14-8-15-4-5-16(9-14)27(15)32(29,30)7-6-25/h10,12,14-16,20,26H,4-9,11,25H2,1-3H3/t14-,15-,16+,20-,31?/m1/s1. The molecule has 2 heterocycles. The number of benzene rings is 1. The average molecular weight is 496 g/mol. The highest BCUT2D eigenvalue weighted by molar-refractivity contribution is 7.90. The molecule has 1 aromatic carbocycles. The van der Waals surface area contributed by atoms with Crippen molar-refractivity contribution in [1.29, 1.82) is 0 Å². The van der Waals surface area contributed by atoms with E-state index in [2.05, 4.69) is 4.72 Å². The molecule has 11 heteroatoms. The third-order valence-corrected chi connectivity index (χ3v) is 9.93. The van der Waals surface area contributed by atoms with Gasteiger partial charge in [0.05, 0.1) is 11.8 Å². The Bertz CT molecular complexity index is 913. The van der Waals surface area contributed by atoms with Crippen LogP contribution in [-0.4, -0.2) is 52.4 Å². The zero-order valence-corrected chi connectivity index (χ0v) is 20.2. The van der Waals surface area contributed by atoms with Crippen molar-refractivity contribution < 1.29 is 26.1 Å². The summed E-state index contributed by atoms with van der Waals surface area (Å²) in [4.78, 5) is 0. The molecule has 3 N–H and O–H groups in total. The molecule has 2 fully saturated rings. The molecule has 5 atom stereocenters. The third-order valence-electron chi connectivity index (χ3n) is 6.31. The minimum absolute atomic E-state index is 0.00200.